The van der Waals surface area contributed by atoms with E-state index in [2.05, 4.69) is 179 Å². The molecule has 0 unspecified atom stereocenters. The Labute approximate surface area is 338 Å². The van der Waals surface area contributed by atoms with Crippen molar-refractivity contribution in [1.29, 1.82) is 0 Å². The van der Waals surface area contributed by atoms with E-state index >= 15 is 0 Å². The number of hydrogen-bond acceptors (Lipinski definition) is 2. The summed E-state index contributed by atoms with van der Waals surface area (Å²) in [7, 11) is 0. The topological polar surface area (TPSA) is 8.82 Å². The van der Waals surface area contributed by atoms with Crippen molar-refractivity contribution < 1.29 is 0 Å². The molecular formula is C54H28N2S2. The zero-order chi connectivity index (χ0) is 37.4. The van der Waals surface area contributed by atoms with E-state index in [4.69, 9.17) is 0 Å². The van der Waals surface area contributed by atoms with Crippen LogP contribution in [0.15, 0.2) is 170 Å². The standard InChI is InChI=1S/C54H28N2S2/c1-5-19-41-37(13-1)47-49-39-27-29(31-15-9-17-35-33-11-3-7-21-45(33)57-53(31)35)24-26-44(39)56-42-20-6-2-14-38(42)48(52(49)56)50-40-28-30(23-25-43(40)55(41)51(47)50)32-16-10-18-36-34-12-4-8-22-46(34)58-54(32)36/h1-28H. The van der Waals surface area contributed by atoms with Gasteiger partial charge in [-0.2, -0.15) is 0 Å². The summed E-state index contributed by atoms with van der Waals surface area (Å²) in [5, 5.41) is 16.0. The number of benzene rings is 9. The van der Waals surface area contributed by atoms with Crippen LogP contribution in [0.3, 0.4) is 0 Å². The highest BCUT2D eigenvalue weighted by Crippen LogP contribution is 2.53. The highest BCUT2D eigenvalue weighted by molar-refractivity contribution is 7.26. The predicted molar refractivity (Wildman–Crippen MR) is 252 cm³/mol. The Bertz CT molecular complexity index is 3990. The Balaban J connectivity index is 1.12. The Morgan fingerprint density at radius 2 is 0.672 bits per heavy atom. The molecule has 58 heavy (non-hydrogen) atoms. The van der Waals surface area contributed by atoms with E-state index in [1.807, 2.05) is 22.7 Å². The van der Waals surface area contributed by atoms with Gasteiger partial charge in [-0.3, -0.25) is 0 Å². The zero-order valence-electron chi connectivity index (χ0n) is 30.9. The lowest BCUT2D eigenvalue weighted by molar-refractivity contribution is 1.37. The molecule has 0 fully saturated rings. The van der Waals surface area contributed by atoms with Gasteiger partial charge in [0.2, 0.25) is 0 Å². The van der Waals surface area contributed by atoms with Crippen molar-refractivity contribution >= 4 is 139 Å². The van der Waals surface area contributed by atoms with Gasteiger partial charge in [-0.05, 0) is 70.8 Å². The summed E-state index contributed by atoms with van der Waals surface area (Å²) in [5.41, 5.74) is 12.8. The maximum absolute atomic E-state index is 2.57. The van der Waals surface area contributed by atoms with Crippen LogP contribution < -0.4 is 0 Å². The van der Waals surface area contributed by atoms with Crippen LogP contribution in [0.4, 0.5) is 0 Å². The lowest BCUT2D eigenvalue weighted by Crippen LogP contribution is -1.82. The Kier molecular flexibility index (Phi) is 5.46. The van der Waals surface area contributed by atoms with Gasteiger partial charge in [0.25, 0.3) is 0 Å². The van der Waals surface area contributed by atoms with Crippen molar-refractivity contribution in [3.05, 3.63) is 170 Å². The summed E-state index contributed by atoms with van der Waals surface area (Å²) in [4.78, 5) is 0. The van der Waals surface area contributed by atoms with Crippen molar-refractivity contribution in [3.63, 3.8) is 0 Å². The largest absolute Gasteiger partial charge is 0.308 e. The van der Waals surface area contributed by atoms with Crippen LogP contribution in [0.2, 0.25) is 0 Å². The van der Waals surface area contributed by atoms with E-state index in [1.54, 1.807) is 0 Å². The Morgan fingerprint density at radius 1 is 0.293 bits per heavy atom. The van der Waals surface area contributed by atoms with E-state index < -0.39 is 0 Å². The SMILES string of the molecule is c1ccc2c(c1)sc1c(-c3ccc4c(c3)c3c5c6ccccc6n6c7ccc(-c8cccc9c8sc8ccccc89)cc7c(c7c8ccccc8n4c73)c56)cccc12. The molecule has 4 heteroatoms. The van der Waals surface area contributed by atoms with E-state index in [0.29, 0.717) is 0 Å². The summed E-state index contributed by atoms with van der Waals surface area (Å²) in [6.07, 6.45) is 0. The molecule has 9 aromatic carbocycles. The second-order valence-electron chi connectivity index (χ2n) is 15.9. The minimum absolute atomic E-state index is 1.26. The average Bonchev–Trinajstić information content (AvgIpc) is 4.12. The van der Waals surface area contributed by atoms with Crippen molar-refractivity contribution in [2.75, 3.05) is 0 Å². The number of hydrogen-bond donors (Lipinski definition) is 0. The number of aromatic nitrogens is 2. The molecule has 0 aliphatic carbocycles. The first-order valence-electron chi connectivity index (χ1n) is 19.9. The molecule has 6 heterocycles. The summed E-state index contributed by atoms with van der Waals surface area (Å²) in [6, 6.07) is 63.9. The summed E-state index contributed by atoms with van der Waals surface area (Å²) in [6.45, 7) is 0. The van der Waals surface area contributed by atoms with Crippen LogP contribution >= 0.6 is 22.7 Å². The van der Waals surface area contributed by atoms with Gasteiger partial charge in [-0.15, -0.1) is 22.7 Å². The fraction of sp³-hybridized carbons (Fsp3) is 0. The molecule has 0 N–H and O–H groups in total. The Hall–Kier alpha value is -6.98. The third-order valence-corrected chi connectivity index (χ3v) is 15.6. The van der Waals surface area contributed by atoms with Gasteiger partial charge in [0, 0.05) is 83.4 Å². The van der Waals surface area contributed by atoms with E-state index in [0.717, 1.165) is 0 Å². The Morgan fingerprint density at radius 3 is 1.16 bits per heavy atom. The van der Waals surface area contributed by atoms with Gasteiger partial charge < -0.3 is 8.80 Å². The lowest BCUT2D eigenvalue weighted by atomic mass is 9.95. The maximum atomic E-state index is 2.57. The average molecular weight is 769 g/mol. The lowest BCUT2D eigenvalue weighted by Gasteiger charge is -2.07. The van der Waals surface area contributed by atoms with Crippen molar-refractivity contribution in [3.8, 4) is 22.3 Å². The fourth-order valence-corrected chi connectivity index (χ4v) is 13.3. The van der Waals surface area contributed by atoms with Gasteiger partial charge >= 0.3 is 0 Å². The van der Waals surface area contributed by atoms with Crippen LogP contribution in [0.1, 0.15) is 0 Å². The van der Waals surface area contributed by atoms with E-state index in [-0.39, 0.29) is 0 Å². The van der Waals surface area contributed by atoms with Crippen LogP contribution in [0.5, 0.6) is 0 Å². The number of para-hydroxylation sites is 2. The van der Waals surface area contributed by atoms with Gasteiger partial charge in [-0.1, -0.05) is 121 Å². The van der Waals surface area contributed by atoms with Crippen LogP contribution in [0.25, 0.3) is 139 Å². The molecule has 2 nitrogen and oxygen atoms in total. The predicted octanol–water partition coefficient (Wildman–Crippen LogP) is 16.1. The third kappa shape index (κ3) is 3.53. The smallest absolute Gasteiger partial charge is 0.0634 e. The molecule has 0 radical (unpaired) electrons. The fourth-order valence-electron chi connectivity index (χ4n) is 10.9. The quantitative estimate of drug-likeness (QED) is 0.166. The van der Waals surface area contributed by atoms with Crippen molar-refractivity contribution in [2.24, 2.45) is 0 Å². The minimum Gasteiger partial charge on any atom is -0.308 e. The molecule has 0 bridgehead atoms. The molecule has 266 valence electrons. The van der Waals surface area contributed by atoms with Gasteiger partial charge in [0.05, 0.1) is 33.1 Å². The van der Waals surface area contributed by atoms with Gasteiger partial charge in [-0.25, -0.2) is 0 Å². The summed E-state index contributed by atoms with van der Waals surface area (Å²) < 4.78 is 10.5. The molecule has 0 aliphatic heterocycles. The molecule has 15 aromatic rings. The molecule has 6 aromatic heterocycles. The molecule has 0 spiro atoms. The molecule has 0 aliphatic rings. The van der Waals surface area contributed by atoms with Crippen LogP contribution in [-0.2, 0) is 0 Å². The molecule has 0 saturated carbocycles. The van der Waals surface area contributed by atoms with E-state index in [1.165, 1.54) is 139 Å². The van der Waals surface area contributed by atoms with Crippen LogP contribution in [-0.4, -0.2) is 8.80 Å². The second-order valence-corrected chi connectivity index (χ2v) is 18.0. The molecular weight excluding hydrogens is 741 g/mol. The molecule has 15 rings (SSSR count). The first-order valence-corrected chi connectivity index (χ1v) is 21.6. The number of nitrogens with zero attached hydrogens (tertiary/aromatic N) is 2. The minimum atomic E-state index is 1.26. The number of rotatable bonds is 2. The number of thiophene rings is 2. The molecule has 0 amide bonds. The van der Waals surface area contributed by atoms with Gasteiger partial charge in [0.1, 0.15) is 0 Å². The third-order valence-electron chi connectivity index (χ3n) is 13.2. The van der Waals surface area contributed by atoms with E-state index in [9.17, 15) is 0 Å². The summed E-state index contributed by atoms with van der Waals surface area (Å²) in [5.74, 6) is 0. The zero-order valence-corrected chi connectivity index (χ0v) is 32.5. The molecule has 0 atom stereocenters. The highest BCUT2D eigenvalue weighted by Gasteiger charge is 2.29. The maximum Gasteiger partial charge on any atom is 0.0634 e. The molecule has 0 saturated heterocycles. The monoisotopic (exact) mass is 768 g/mol. The normalized spacial score (nSPS) is 12.8. The van der Waals surface area contributed by atoms with Crippen molar-refractivity contribution in [1.82, 2.24) is 8.80 Å². The first-order chi connectivity index (χ1) is 28.8. The van der Waals surface area contributed by atoms with Crippen LogP contribution in [0, 0.1) is 0 Å². The van der Waals surface area contributed by atoms with Crippen molar-refractivity contribution in [2.45, 2.75) is 0 Å². The first kappa shape index (κ1) is 30.2. The summed E-state index contributed by atoms with van der Waals surface area (Å²) >= 11 is 3.81. The second kappa shape index (κ2) is 10.5. The van der Waals surface area contributed by atoms with Gasteiger partial charge in [0.15, 0.2) is 0 Å². The highest BCUT2D eigenvalue weighted by atomic mass is 32.1. The number of fused-ring (bicyclic) bond motifs is 20.